The zero-order chi connectivity index (χ0) is 7.78. The van der Waals surface area contributed by atoms with Gasteiger partial charge in [-0.05, 0) is 23.7 Å². The Morgan fingerprint density at radius 2 is 1.70 bits per heavy atom. The molecule has 1 saturated carbocycles. The summed E-state index contributed by atoms with van der Waals surface area (Å²) in [5.74, 6) is 2.06. The highest BCUT2D eigenvalue weighted by Crippen LogP contribution is 2.53. The van der Waals surface area contributed by atoms with Gasteiger partial charge >= 0.3 is 0 Å². The fourth-order valence-corrected chi connectivity index (χ4v) is 2.07. The standard InChI is InChI=1S/C10H20/c1-5-10(4,6-2)9-7-8(9)3/h8-9H,5-7H2,1-4H3. The average molecular weight is 140 g/mol. The average Bonchev–Trinajstić information content (AvgIpc) is 2.66. The van der Waals surface area contributed by atoms with Crippen LogP contribution in [0.15, 0.2) is 0 Å². The molecule has 0 heteroatoms. The van der Waals surface area contributed by atoms with Crippen LogP contribution in [0.1, 0.15) is 47.0 Å². The number of hydrogen-bond donors (Lipinski definition) is 0. The summed E-state index contributed by atoms with van der Waals surface area (Å²) in [6.45, 7) is 9.48. The minimum absolute atomic E-state index is 0.666. The van der Waals surface area contributed by atoms with E-state index >= 15 is 0 Å². The fraction of sp³-hybridized carbons (Fsp3) is 1.00. The Kier molecular flexibility index (Phi) is 2.07. The van der Waals surface area contributed by atoms with Gasteiger partial charge < -0.3 is 0 Å². The van der Waals surface area contributed by atoms with E-state index in [9.17, 15) is 0 Å². The molecule has 10 heavy (non-hydrogen) atoms. The zero-order valence-electron chi connectivity index (χ0n) is 7.78. The summed E-state index contributed by atoms with van der Waals surface area (Å²) in [7, 11) is 0. The van der Waals surface area contributed by atoms with Crippen molar-refractivity contribution >= 4 is 0 Å². The van der Waals surface area contributed by atoms with Crippen molar-refractivity contribution in [2.24, 2.45) is 17.3 Å². The minimum Gasteiger partial charge on any atom is -0.0649 e. The van der Waals surface area contributed by atoms with Crippen LogP contribution in [0.4, 0.5) is 0 Å². The van der Waals surface area contributed by atoms with Crippen LogP contribution in [0.25, 0.3) is 0 Å². The molecule has 0 aromatic carbocycles. The molecule has 0 aliphatic heterocycles. The molecule has 0 aromatic heterocycles. The third-order valence-electron chi connectivity index (χ3n) is 3.62. The molecular formula is C10H20. The zero-order valence-corrected chi connectivity index (χ0v) is 7.78. The maximum atomic E-state index is 2.45. The topological polar surface area (TPSA) is 0 Å². The summed E-state index contributed by atoms with van der Waals surface area (Å²) in [5, 5.41) is 0. The molecule has 0 nitrogen and oxygen atoms in total. The monoisotopic (exact) mass is 140 g/mol. The summed E-state index contributed by atoms with van der Waals surface area (Å²) in [5.41, 5.74) is 0.666. The Labute approximate surface area is 65.0 Å². The Morgan fingerprint density at radius 3 is 1.80 bits per heavy atom. The van der Waals surface area contributed by atoms with Gasteiger partial charge in [-0.15, -0.1) is 0 Å². The molecule has 1 aliphatic carbocycles. The van der Waals surface area contributed by atoms with Gasteiger partial charge in [-0.3, -0.25) is 0 Å². The van der Waals surface area contributed by atoms with Gasteiger partial charge in [0.15, 0.2) is 0 Å². The lowest BCUT2D eigenvalue weighted by Crippen LogP contribution is -2.17. The van der Waals surface area contributed by atoms with Crippen LogP contribution in [0.3, 0.4) is 0 Å². The van der Waals surface area contributed by atoms with Crippen LogP contribution >= 0.6 is 0 Å². The van der Waals surface area contributed by atoms with Crippen molar-refractivity contribution in [2.75, 3.05) is 0 Å². The van der Waals surface area contributed by atoms with Crippen molar-refractivity contribution in [3.05, 3.63) is 0 Å². The SMILES string of the molecule is CCC(C)(CC)C1CC1C. The van der Waals surface area contributed by atoms with E-state index in [1.54, 1.807) is 0 Å². The van der Waals surface area contributed by atoms with Crippen LogP contribution in [-0.4, -0.2) is 0 Å². The number of hydrogen-bond acceptors (Lipinski definition) is 0. The Bertz CT molecular complexity index is 111. The normalized spacial score (nSPS) is 32.4. The first-order valence-electron chi connectivity index (χ1n) is 4.64. The summed E-state index contributed by atoms with van der Waals surface area (Å²) in [6, 6.07) is 0. The minimum atomic E-state index is 0.666. The van der Waals surface area contributed by atoms with Crippen LogP contribution in [0.2, 0.25) is 0 Å². The van der Waals surface area contributed by atoms with Crippen molar-refractivity contribution in [1.29, 1.82) is 0 Å². The van der Waals surface area contributed by atoms with Crippen LogP contribution < -0.4 is 0 Å². The summed E-state index contributed by atoms with van der Waals surface area (Å²) in [4.78, 5) is 0. The van der Waals surface area contributed by atoms with E-state index in [2.05, 4.69) is 27.7 Å². The van der Waals surface area contributed by atoms with Gasteiger partial charge in [-0.2, -0.15) is 0 Å². The smallest absolute Gasteiger partial charge is 0.0300 e. The molecule has 2 atom stereocenters. The van der Waals surface area contributed by atoms with Gasteiger partial charge in [0.05, 0.1) is 0 Å². The quantitative estimate of drug-likeness (QED) is 0.563. The Balaban J connectivity index is 2.48. The summed E-state index contributed by atoms with van der Waals surface area (Å²) in [6.07, 6.45) is 4.20. The van der Waals surface area contributed by atoms with E-state index in [-0.39, 0.29) is 0 Å². The lowest BCUT2D eigenvalue weighted by atomic mass is 9.79. The third kappa shape index (κ3) is 1.21. The Hall–Kier alpha value is 0. The first-order chi connectivity index (χ1) is 4.64. The number of rotatable bonds is 3. The molecular weight excluding hydrogens is 120 g/mol. The van der Waals surface area contributed by atoms with Crippen molar-refractivity contribution in [3.8, 4) is 0 Å². The highest BCUT2D eigenvalue weighted by atomic mass is 14.5. The van der Waals surface area contributed by atoms with Crippen molar-refractivity contribution < 1.29 is 0 Å². The third-order valence-corrected chi connectivity index (χ3v) is 3.62. The molecule has 0 aromatic rings. The first kappa shape index (κ1) is 8.10. The molecule has 1 rings (SSSR count). The second-order valence-electron chi connectivity index (χ2n) is 4.18. The molecule has 0 saturated heterocycles. The van der Waals surface area contributed by atoms with Gasteiger partial charge in [0.1, 0.15) is 0 Å². The van der Waals surface area contributed by atoms with Crippen LogP contribution in [-0.2, 0) is 0 Å². The van der Waals surface area contributed by atoms with Gasteiger partial charge in [0.25, 0.3) is 0 Å². The van der Waals surface area contributed by atoms with Crippen LogP contribution in [0, 0.1) is 17.3 Å². The second-order valence-corrected chi connectivity index (χ2v) is 4.18. The highest BCUT2D eigenvalue weighted by molar-refractivity contribution is 4.94. The lowest BCUT2D eigenvalue weighted by molar-refractivity contribution is 0.238. The second kappa shape index (κ2) is 2.56. The Morgan fingerprint density at radius 1 is 1.30 bits per heavy atom. The maximum absolute atomic E-state index is 2.45. The van der Waals surface area contributed by atoms with Crippen LogP contribution in [0.5, 0.6) is 0 Å². The molecule has 0 N–H and O–H groups in total. The van der Waals surface area contributed by atoms with Gasteiger partial charge in [0.2, 0.25) is 0 Å². The molecule has 2 unspecified atom stereocenters. The maximum Gasteiger partial charge on any atom is -0.0300 e. The summed E-state index contributed by atoms with van der Waals surface area (Å²) >= 11 is 0. The van der Waals surface area contributed by atoms with E-state index in [0.29, 0.717) is 5.41 Å². The lowest BCUT2D eigenvalue weighted by Gasteiger charge is -2.26. The highest BCUT2D eigenvalue weighted by Gasteiger charge is 2.44. The molecule has 0 radical (unpaired) electrons. The molecule has 1 aliphatic rings. The molecule has 0 heterocycles. The van der Waals surface area contributed by atoms with Gasteiger partial charge in [-0.1, -0.05) is 40.5 Å². The molecule has 60 valence electrons. The predicted molar refractivity (Wildman–Crippen MR) is 46.0 cm³/mol. The van der Waals surface area contributed by atoms with E-state index in [1.807, 2.05) is 0 Å². The van der Waals surface area contributed by atoms with Crippen molar-refractivity contribution in [2.45, 2.75) is 47.0 Å². The van der Waals surface area contributed by atoms with E-state index in [1.165, 1.54) is 19.3 Å². The van der Waals surface area contributed by atoms with E-state index < -0.39 is 0 Å². The molecule has 0 spiro atoms. The van der Waals surface area contributed by atoms with E-state index in [0.717, 1.165) is 11.8 Å². The van der Waals surface area contributed by atoms with E-state index in [4.69, 9.17) is 0 Å². The predicted octanol–water partition coefficient (Wildman–Crippen LogP) is 3.47. The van der Waals surface area contributed by atoms with Crippen molar-refractivity contribution in [1.82, 2.24) is 0 Å². The molecule has 1 fully saturated rings. The van der Waals surface area contributed by atoms with Gasteiger partial charge in [-0.25, -0.2) is 0 Å². The molecule has 0 amide bonds. The van der Waals surface area contributed by atoms with Crippen molar-refractivity contribution in [3.63, 3.8) is 0 Å². The fourth-order valence-electron chi connectivity index (χ4n) is 2.07. The summed E-state index contributed by atoms with van der Waals surface area (Å²) < 4.78 is 0. The van der Waals surface area contributed by atoms with Gasteiger partial charge in [0, 0.05) is 0 Å². The largest absolute Gasteiger partial charge is 0.0649 e. The molecule has 0 bridgehead atoms. The first-order valence-corrected chi connectivity index (χ1v) is 4.64.